The highest BCUT2D eigenvalue weighted by atomic mass is 16.6. The number of aromatic nitrogens is 2. The van der Waals surface area contributed by atoms with Gasteiger partial charge in [0.05, 0.1) is 23.7 Å². The highest BCUT2D eigenvalue weighted by Crippen LogP contribution is 2.28. The first kappa shape index (κ1) is 22.3. The molecule has 1 aromatic carbocycles. The van der Waals surface area contributed by atoms with Crippen LogP contribution >= 0.6 is 0 Å². The average molecular weight is 425 g/mol. The summed E-state index contributed by atoms with van der Waals surface area (Å²) in [6.07, 6.45) is 1.45. The van der Waals surface area contributed by atoms with Crippen molar-refractivity contribution < 1.29 is 14.3 Å². The van der Waals surface area contributed by atoms with Gasteiger partial charge in [-0.05, 0) is 25.5 Å². The van der Waals surface area contributed by atoms with Gasteiger partial charge in [0.1, 0.15) is 5.69 Å². The smallest absolute Gasteiger partial charge is 0.409 e. The van der Waals surface area contributed by atoms with Crippen molar-refractivity contribution in [3.8, 4) is 6.07 Å². The molecule has 3 rings (SSSR count). The number of carbonyl (C=O) groups excluding carboxylic acids is 2. The molecule has 0 aliphatic carbocycles. The highest BCUT2D eigenvalue weighted by Gasteiger charge is 2.31. The number of nitrogens with one attached hydrogen (secondary N) is 1. The minimum atomic E-state index is -1.06. The number of anilines is 1. The van der Waals surface area contributed by atoms with Crippen molar-refractivity contribution >= 4 is 28.9 Å². The fourth-order valence-corrected chi connectivity index (χ4v) is 3.48. The lowest BCUT2D eigenvalue weighted by molar-refractivity contribution is -0.121. The molecule has 2 aromatic rings. The topological polar surface area (TPSA) is 111 Å². The van der Waals surface area contributed by atoms with E-state index >= 15 is 0 Å². The third-order valence-electron chi connectivity index (χ3n) is 5.18. The molecule has 0 unspecified atom stereocenters. The molecule has 164 valence electrons. The summed E-state index contributed by atoms with van der Waals surface area (Å²) in [5.74, 6) is -0.918. The normalized spacial score (nSPS) is 14.7. The maximum atomic E-state index is 12.7. The Morgan fingerprint density at radius 1 is 1.16 bits per heavy atom. The average Bonchev–Trinajstić information content (AvgIpc) is 2.79. The number of unbranched alkanes of at least 4 members (excludes halogenated alkanes) is 1. The van der Waals surface area contributed by atoms with Crippen molar-refractivity contribution in [2.45, 2.75) is 32.6 Å². The van der Waals surface area contributed by atoms with Gasteiger partial charge in [0, 0.05) is 32.7 Å². The molecule has 9 heteroatoms. The Hall–Kier alpha value is -3.41. The third kappa shape index (κ3) is 5.20. The number of benzene rings is 1. The molecule has 1 saturated heterocycles. The van der Waals surface area contributed by atoms with E-state index in [9.17, 15) is 14.9 Å². The van der Waals surface area contributed by atoms with Crippen LogP contribution in [0.5, 0.6) is 0 Å². The Kier molecular flexibility index (Phi) is 7.60. The number of hydrogen-bond acceptors (Lipinski definition) is 7. The summed E-state index contributed by atoms with van der Waals surface area (Å²) in [5, 5.41) is 12.6. The molecule has 1 N–H and O–H groups in total. The second kappa shape index (κ2) is 10.6. The fourth-order valence-electron chi connectivity index (χ4n) is 3.48. The number of piperazine rings is 1. The number of fused-ring (bicyclic) bond motifs is 1. The van der Waals surface area contributed by atoms with Crippen LogP contribution < -0.4 is 10.2 Å². The molecule has 0 spiro atoms. The van der Waals surface area contributed by atoms with Crippen molar-refractivity contribution in [1.29, 1.82) is 5.26 Å². The maximum Gasteiger partial charge on any atom is 0.409 e. The summed E-state index contributed by atoms with van der Waals surface area (Å²) >= 11 is 0. The largest absolute Gasteiger partial charge is 0.450 e. The molecule has 2 heterocycles. The minimum Gasteiger partial charge on any atom is -0.450 e. The zero-order chi connectivity index (χ0) is 22.2. The summed E-state index contributed by atoms with van der Waals surface area (Å²) in [7, 11) is 0. The quantitative estimate of drug-likeness (QED) is 0.680. The van der Waals surface area contributed by atoms with Crippen molar-refractivity contribution in [2.24, 2.45) is 0 Å². The van der Waals surface area contributed by atoms with E-state index in [2.05, 4.69) is 16.4 Å². The lowest BCUT2D eigenvalue weighted by Crippen LogP contribution is -2.49. The van der Waals surface area contributed by atoms with Crippen LogP contribution in [0.15, 0.2) is 24.3 Å². The second-order valence-electron chi connectivity index (χ2n) is 7.30. The third-order valence-corrected chi connectivity index (χ3v) is 5.18. The molecule has 1 aliphatic rings. The summed E-state index contributed by atoms with van der Waals surface area (Å²) in [6.45, 7) is 6.61. The van der Waals surface area contributed by atoms with Gasteiger partial charge in [0.2, 0.25) is 5.91 Å². The van der Waals surface area contributed by atoms with E-state index in [0.29, 0.717) is 61.9 Å². The maximum absolute atomic E-state index is 12.7. The summed E-state index contributed by atoms with van der Waals surface area (Å²) in [4.78, 5) is 37.8. The monoisotopic (exact) mass is 424 g/mol. The molecule has 1 aromatic heterocycles. The molecule has 31 heavy (non-hydrogen) atoms. The van der Waals surface area contributed by atoms with Crippen molar-refractivity contribution in [3.05, 3.63) is 30.0 Å². The van der Waals surface area contributed by atoms with Gasteiger partial charge in [-0.2, -0.15) is 5.26 Å². The Bertz CT molecular complexity index is 965. The first-order valence-corrected chi connectivity index (χ1v) is 10.7. The number of amides is 2. The molecule has 2 amide bonds. The summed E-state index contributed by atoms with van der Waals surface area (Å²) < 4.78 is 5.08. The Morgan fingerprint density at radius 2 is 1.84 bits per heavy atom. The molecule has 1 fully saturated rings. The Labute approximate surface area is 182 Å². The second-order valence-corrected chi connectivity index (χ2v) is 7.30. The zero-order valence-corrected chi connectivity index (χ0v) is 18.0. The molecule has 1 aliphatic heterocycles. The van der Waals surface area contributed by atoms with Gasteiger partial charge in [0.25, 0.3) is 0 Å². The minimum absolute atomic E-state index is 0.330. The van der Waals surface area contributed by atoms with Crippen LogP contribution in [0.4, 0.5) is 10.6 Å². The van der Waals surface area contributed by atoms with Gasteiger partial charge in [-0.3, -0.25) is 4.79 Å². The first-order valence-electron chi connectivity index (χ1n) is 10.7. The highest BCUT2D eigenvalue weighted by molar-refractivity contribution is 5.88. The number of nitriles is 1. The number of ether oxygens (including phenoxy) is 1. The summed E-state index contributed by atoms with van der Waals surface area (Å²) in [6, 6.07) is 9.50. The zero-order valence-electron chi connectivity index (χ0n) is 18.0. The van der Waals surface area contributed by atoms with Gasteiger partial charge < -0.3 is 19.9 Å². The van der Waals surface area contributed by atoms with Gasteiger partial charge >= 0.3 is 6.09 Å². The number of rotatable bonds is 7. The molecular formula is C22H28N6O3. The fraction of sp³-hybridized carbons (Fsp3) is 0.500. The van der Waals surface area contributed by atoms with Crippen LogP contribution in [0.3, 0.4) is 0 Å². The van der Waals surface area contributed by atoms with E-state index in [0.717, 1.165) is 12.8 Å². The lowest BCUT2D eigenvalue weighted by atomic mass is 10.0. The first-order chi connectivity index (χ1) is 15.1. The number of nitrogens with zero attached hydrogens (tertiary/aromatic N) is 5. The standard InChI is InChI=1S/C22H28N6O3/c1-3-5-10-24-21(29)16(15-23)19-20(26-18-9-7-6-8-17(18)25-19)27-11-13-28(14-12-27)22(30)31-4-2/h6-9,16H,3-5,10-14H2,1-2H3,(H,24,29)/t16-/m1/s1. The molecule has 0 saturated carbocycles. The number of hydrogen-bond donors (Lipinski definition) is 1. The molecule has 0 bridgehead atoms. The predicted octanol–water partition coefficient (Wildman–Crippen LogP) is 2.43. The Balaban J connectivity index is 1.90. The van der Waals surface area contributed by atoms with E-state index in [1.165, 1.54) is 0 Å². The lowest BCUT2D eigenvalue weighted by Gasteiger charge is -2.35. The predicted molar refractivity (Wildman–Crippen MR) is 117 cm³/mol. The van der Waals surface area contributed by atoms with Crippen LogP contribution in [0.1, 0.15) is 38.3 Å². The van der Waals surface area contributed by atoms with Gasteiger partial charge in [-0.1, -0.05) is 25.5 Å². The van der Waals surface area contributed by atoms with E-state index in [1.54, 1.807) is 11.8 Å². The van der Waals surface area contributed by atoms with E-state index in [-0.39, 0.29) is 12.0 Å². The van der Waals surface area contributed by atoms with Crippen LogP contribution in [0, 0.1) is 11.3 Å². The number of carbonyl (C=O) groups is 2. The molecule has 1 atom stereocenters. The van der Waals surface area contributed by atoms with Gasteiger partial charge in [-0.15, -0.1) is 0 Å². The Morgan fingerprint density at radius 3 is 2.45 bits per heavy atom. The molecular weight excluding hydrogens is 396 g/mol. The van der Waals surface area contributed by atoms with Crippen LogP contribution in [-0.4, -0.2) is 66.2 Å². The van der Waals surface area contributed by atoms with Gasteiger partial charge in [-0.25, -0.2) is 14.8 Å². The van der Waals surface area contributed by atoms with Crippen LogP contribution in [0.2, 0.25) is 0 Å². The van der Waals surface area contributed by atoms with Crippen molar-refractivity contribution in [2.75, 3.05) is 44.2 Å². The van der Waals surface area contributed by atoms with Crippen LogP contribution in [-0.2, 0) is 9.53 Å². The molecule has 9 nitrogen and oxygen atoms in total. The summed E-state index contributed by atoms with van der Waals surface area (Å²) in [5.41, 5.74) is 1.67. The van der Waals surface area contributed by atoms with Crippen molar-refractivity contribution in [1.82, 2.24) is 20.2 Å². The number of para-hydroxylation sites is 2. The van der Waals surface area contributed by atoms with Crippen molar-refractivity contribution in [3.63, 3.8) is 0 Å². The SMILES string of the molecule is CCCCNC(=O)[C@H](C#N)c1nc2ccccc2nc1N1CCN(C(=O)OCC)CC1. The van der Waals surface area contributed by atoms with Crippen LogP contribution in [0.25, 0.3) is 11.0 Å². The van der Waals surface area contributed by atoms with E-state index in [4.69, 9.17) is 9.72 Å². The van der Waals surface area contributed by atoms with E-state index in [1.807, 2.05) is 36.1 Å². The van der Waals surface area contributed by atoms with E-state index < -0.39 is 5.92 Å². The van der Waals surface area contributed by atoms with Gasteiger partial charge in [0.15, 0.2) is 11.7 Å². The molecule has 0 radical (unpaired) electrons.